The van der Waals surface area contributed by atoms with Gasteiger partial charge in [-0.1, -0.05) is 0 Å². The number of benzene rings is 4. The number of halogens is 2. The Morgan fingerprint density at radius 3 is 1.68 bits per heavy atom. The third-order valence-electron chi connectivity index (χ3n) is 8.20. The second-order valence-electron chi connectivity index (χ2n) is 11.9. The summed E-state index contributed by atoms with van der Waals surface area (Å²) >= 11 is -2.69. The molecular formula is C37H36Cl2Zr. The van der Waals surface area contributed by atoms with Gasteiger partial charge in [-0.3, -0.25) is 0 Å². The van der Waals surface area contributed by atoms with E-state index in [0.29, 0.717) is 9.54 Å². The molecule has 0 bridgehead atoms. The van der Waals surface area contributed by atoms with Crippen LogP contribution in [-0.4, -0.2) is 3.21 Å². The van der Waals surface area contributed by atoms with Crippen LogP contribution in [0.25, 0.3) is 11.1 Å². The molecule has 0 saturated carbocycles. The van der Waals surface area contributed by atoms with Gasteiger partial charge in [0.05, 0.1) is 0 Å². The van der Waals surface area contributed by atoms with Gasteiger partial charge >= 0.3 is 237 Å². The Hall–Kier alpha value is -2.31. The normalized spacial score (nSPS) is 16.1. The van der Waals surface area contributed by atoms with E-state index >= 15 is 0 Å². The molecule has 0 aromatic heterocycles. The second-order valence-corrected chi connectivity index (χ2v) is 18.0. The first kappa shape index (κ1) is 30.6. The molecule has 0 radical (unpaired) electrons. The quantitative estimate of drug-likeness (QED) is 0.320. The van der Waals surface area contributed by atoms with Crippen molar-refractivity contribution in [2.45, 2.75) is 38.2 Å². The van der Waals surface area contributed by atoms with Gasteiger partial charge in [0.15, 0.2) is 0 Å². The van der Waals surface area contributed by atoms with Crippen molar-refractivity contribution in [1.82, 2.24) is 0 Å². The number of aryl methyl sites for hydroxylation is 1. The standard InChI is InChI=1S/C14H12.C13H9.C10H15.2ClH.Zr/c1-12-7-9-14(10-8-12)11-13-5-3-2-4-6-13;1-3-7-12-10(5-1)9-11-6-2-4-8-13(11)12;1-8-5-6-9(7-8)10(2,3)4;;;/h2-10H,1H3;1-9H;6-8H,1-4H3;2*1H;/q;;;;;+2/p-2. The van der Waals surface area contributed by atoms with Crippen molar-refractivity contribution in [2.75, 3.05) is 0 Å². The molecule has 1 unspecified atom stereocenters. The van der Waals surface area contributed by atoms with Crippen LogP contribution in [0.15, 0.2) is 124 Å². The molecule has 202 valence electrons. The van der Waals surface area contributed by atoms with Gasteiger partial charge in [0.1, 0.15) is 0 Å². The third-order valence-corrected chi connectivity index (χ3v) is 16.9. The minimum absolute atomic E-state index is 0. The van der Waals surface area contributed by atoms with Crippen molar-refractivity contribution >= 4 is 3.21 Å². The van der Waals surface area contributed by atoms with Crippen molar-refractivity contribution in [3.8, 4) is 11.1 Å². The molecule has 0 nitrogen and oxygen atoms in total. The molecule has 0 heterocycles. The Bertz CT molecular complexity index is 1560. The maximum atomic E-state index is 2.63. The summed E-state index contributed by atoms with van der Waals surface area (Å²) in [6, 6.07) is 39.0. The average molecular weight is 643 g/mol. The predicted molar refractivity (Wildman–Crippen MR) is 159 cm³/mol. The van der Waals surface area contributed by atoms with Crippen LogP contribution in [0.1, 0.15) is 59.1 Å². The van der Waals surface area contributed by atoms with Gasteiger partial charge in [0.25, 0.3) is 0 Å². The number of hydrogen-bond donors (Lipinski definition) is 0. The van der Waals surface area contributed by atoms with Gasteiger partial charge in [0.2, 0.25) is 0 Å². The second kappa shape index (κ2) is 12.3. The van der Waals surface area contributed by atoms with Gasteiger partial charge in [0, 0.05) is 0 Å². The van der Waals surface area contributed by atoms with E-state index in [1.165, 1.54) is 44.5 Å². The molecule has 2 aliphatic carbocycles. The molecule has 0 aliphatic heterocycles. The first-order valence-electron chi connectivity index (χ1n) is 13.8. The molecule has 0 N–H and O–H groups in total. The Morgan fingerprint density at radius 2 is 1.15 bits per heavy atom. The van der Waals surface area contributed by atoms with Gasteiger partial charge in [-0.05, 0) is 0 Å². The summed E-state index contributed by atoms with van der Waals surface area (Å²) in [6.07, 6.45) is 5.18. The van der Waals surface area contributed by atoms with Crippen LogP contribution in [0, 0.1) is 18.3 Å². The van der Waals surface area contributed by atoms with Crippen molar-refractivity contribution in [3.05, 3.63) is 152 Å². The van der Waals surface area contributed by atoms with Crippen LogP contribution in [0.4, 0.5) is 0 Å². The number of hydrogen-bond acceptors (Lipinski definition) is 0. The van der Waals surface area contributed by atoms with E-state index in [1.54, 1.807) is 6.49 Å². The van der Waals surface area contributed by atoms with Gasteiger partial charge in [-0.2, -0.15) is 0 Å². The molecular weight excluding hydrogens is 607 g/mol. The summed E-state index contributed by atoms with van der Waals surface area (Å²) in [7, 11) is 0. The minimum atomic E-state index is -2.69. The Labute approximate surface area is 260 Å². The molecule has 2 aliphatic rings. The monoisotopic (exact) mass is 640 g/mol. The molecule has 0 amide bonds. The van der Waals surface area contributed by atoms with Crippen LogP contribution in [-0.2, 0) is 21.3 Å². The summed E-state index contributed by atoms with van der Waals surface area (Å²) in [4.78, 5) is 0. The average Bonchev–Trinajstić information content (AvgIpc) is 3.47. The summed E-state index contributed by atoms with van der Waals surface area (Å²) in [5.74, 6) is 0.461. The molecule has 0 fully saturated rings. The summed E-state index contributed by atoms with van der Waals surface area (Å²) < 4.78 is 3.78. The van der Waals surface area contributed by atoms with Gasteiger partial charge in [-0.25, -0.2) is 0 Å². The van der Waals surface area contributed by atoms with E-state index in [4.69, 9.17) is 0 Å². The summed E-state index contributed by atoms with van der Waals surface area (Å²) in [5, 5.41) is 0. The fraction of sp³-hybridized carbons (Fsp3) is 0.216. The first-order chi connectivity index (χ1) is 18.3. The van der Waals surface area contributed by atoms with Crippen molar-refractivity contribution in [3.63, 3.8) is 0 Å². The molecule has 0 saturated heterocycles. The topological polar surface area (TPSA) is 0 Å². The maximum absolute atomic E-state index is 2.69. The number of fused-ring (bicyclic) bond motifs is 3. The van der Waals surface area contributed by atoms with Crippen LogP contribution in [0.3, 0.4) is 0 Å². The van der Waals surface area contributed by atoms with Crippen LogP contribution in [0.5, 0.6) is 0 Å². The molecule has 1 atom stereocenters. The Kier molecular flexibility index (Phi) is 9.41. The van der Waals surface area contributed by atoms with Crippen LogP contribution in [0.2, 0.25) is 0 Å². The van der Waals surface area contributed by atoms with E-state index in [1.807, 2.05) is 0 Å². The summed E-state index contributed by atoms with van der Waals surface area (Å²) in [5.41, 5.74) is 11.7. The van der Waals surface area contributed by atoms with Crippen molar-refractivity contribution < 1.29 is 46.1 Å². The van der Waals surface area contributed by atoms with Crippen molar-refractivity contribution in [2.24, 2.45) is 11.3 Å². The smallest absolute Gasteiger partial charge is 1.00 e. The third kappa shape index (κ3) is 5.59. The van der Waals surface area contributed by atoms with E-state index < -0.39 is 21.3 Å². The molecule has 0 spiro atoms. The van der Waals surface area contributed by atoms with Crippen molar-refractivity contribution in [1.29, 1.82) is 0 Å². The van der Waals surface area contributed by atoms with Crippen LogP contribution < -0.4 is 24.8 Å². The largest absolute Gasteiger partial charge is 1.00 e. The Balaban J connectivity index is 0.00000185. The zero-order valence-corrected chi connectivity index (χ0v) is 27.9. The Morgan fingerprint density at radius 1 is 0.650 bits per heavy atom. The molecule has 6 rings (SSSR count). The van der Waals surface area contributed by atoms with E-state index in [-0.39, 0.29) is 30.2 Å². The summed E-state index contributed by atoms with van der Waals surface area (Å²) in [6.45, 7) is 11.7. The van der Waals surface area contributed by atoms with Gasteiger partial charge in [-0.15, -0.1) is 0 Å². The minimum Gasteiger partial charge on any atom is -1.00 e. The molecule has 3 heteroatoms. The number of rotatable bonds is 4. The van der Waals surface area contributed by atoms with E-state index in [9.17, 15) is 0 Å². The number of allylic oxidation sites excluding steroid dienone is 4. The van der Waals surface area contributed by atoms with Crippen LogP contribution >= 0.6 is 0 Å². The maximum Gasteiger partial charge on any atom is -1.00 e. The first-order valence-corrected chi connectivity index (χ1v) is 17.7. The van der Waals surface area contributed by atoms with Gasteiger partial charge < -0.3 is 24.8 Å². The zero-order valence-electron chi connectivity index (χ0n) is 23.9. The predicted octanol–water partition coefficient (Wildman–Crippen LogP) is 3.47. The fourth-order valence-electron chi connectivity index (χ4n) is 6.22. The SMILES string of the molecule is Cc1ccc(/[C](c2ccccc2)=[Zr+2](/[C]2=CC(C(C)(C)C)=CC2C)[CH]2c3ccccc3-c3ccccc32)cc1.[Cl-].[Cl-]. The molecule has 40 heavy (non-hydrogen) atoms. The van der Waals surface area contributed by atoms with E-state index in [2.05, 4.69) is 150 Å². The zero-order chi connectivity index (χ0) is 26.4. The fourth-order valence-corrected chi connectivity index (χ4v) is 15.7. The molecule has 4 aromatic rings. The molecule has 4 aromatic carbocycles. The van der Waals surface area contributed by atoms with E-state index in [0.717, 1.165) is 0 Å².